The molecule has 0 aliphatic carbocycles. The zero-order valence-corrected chi connectivity index (χ0v) is 14.9. The Morgan fingerprint density at radius 1 is 1.15 bits per heavy atom. The van der Waals surface area contributed by atoms with Gasteiger partial charge in [-0.25, -0.2) is 4.79 Å². The number of imide groups is 1. The van der Waals surface area contributed by atoms with E-state index < -0.39 is 17.5 Å². The molecule has 0 radical (unpaired) electrons. The lowest BCUT2D eigenvalue weighted by Crippen LogP contribution is -2.45. The van der Waals surface area contributed by atoms with Crippen molar-refractivity contribution in [3.8, 4) is 0 Å². The van der Waals surface area contributed by atoms with E-state index in [1.807, 2.05) is 0 Å². The maximum atomic E-state index is 12.5. The molecular weight excluding hydrogens is 340 g/mol. The summed E-state index contributed by atoms with van der Waals surface area (Å²) in [4.78, 5) is 53.2. The highest BCUT2D eigenvalue weighted by Crippen LogP contribution is 2.17. The van der Waals surface area contributed by atoms with Gasteiger partial charge in [0.2, 0.25) is 5.91 Å². The Labute approximate surface area is 150 Å². The summed E-state index contributed by atoms with van der Waals surface area (Å²) in [6.07, 6.45) is 2.06. The van der Waals surface area contributed by atoms with Gasteiger partial charge in [-0.15, -0.1) is 0 Å². The van der Waals surface area contributed by atoms with Gasteiger partial charge in [-0.3, -0.25) is 19.3 Å². The summed E-state index contributed by atoms with van der Waals surface area (Å²) >= 11 is 0. The van der Waals surface area contributed by atoms with Gasteiger partial charge in [-0.2, -0.15) is 0 Å². The summed E-state index contributed by atoms with van der Waals surface area (Å²) in [5.41, 5.74) is -0.998. The van der Waals surface area contributed by atoms with Crippen LogP contribution >= 0.6 is 0 Å². The van der Waals surface area contributed by atoms with E-state index >= 15 is 0 Å². The van der Waals surface area contributed by atoms with Gasteiger partial charge in [0, 0.05) is 26.2 Å². The Bertz CT molecular complexity index is 728. The van der Waals surface area contributed by atoms with Gasteiger partial charge in [0.25, 0.3) is 11.8 Å². The first kappa shape index (κ1) is 18.0. The van der Waals surface area contributed by atoms with Crippen LogP contribution in [-0.2, 0) is 9.59 Å². The highest BCUT2D eigenvalue weighted by molar-refractivity contribution is 6.08. The fourth-order valence-electron chi connectivity index (χ4n) is 3.12. The molecule has 5 amide bonds. The summed E-state index contributed by atoms with van der Waals surface area (Å²) in [5, 5.41) is 2.55. The van der Waals surface area contributed by atoms with Crippen molar-refractivity contribution in [3.63, 3.8) is 0 Å². The van der Waals surface area contributed by atoms with Crippen LogP contribution in [0.4, 0.5) is 4.79 Å². The molecule has 0 spiro atoms. The molecule has 140 valence electrons. The molecule has 0 aromatic carbocycles. The maximum absolute atomic E-state index is 12.5. The molecule has 9 nitrogen and oxygen atoms in total. The molecule has 3 heterocycles. The first-order valence-corrected chi connectivity index (χ1v) is 8.54. The van der Waals surface area contributed by atoms with Gasteiger partial charge in [0.05, 0.1) is 6.26 Å². The van der Waals surface area contributed by atoms with Crippen molar-refractivity contribution in [2.75, 3.05) is 32.7 Å². The minimum atomic E-state index is -0.998. The Morgan fingerprint density at radius 2 is 1.85 bits per heavy atom. The van der Waals surface area contributed by atoms with Gasteiger partial charge in [-0.1, -0.05) is 0 Å². The van der Waals surface area contributed by atoms with E-state index in [0.717, 1.165) is 4.90 Å². The van der Waals surface area contributed by atoms with Crippen molar-refractivity contribution in [1.82, 2.24) is 20.0 Å². The second-order valence-electron chi connectivity index (χ2n) is 6.95. The molecule has 1 N–H and O–H groups in total. The molecule has 2 saturated heterocycles. The van der Waals surface area contributed by atoms with Gasteiger partial charge in [-0.05, 0) is 32.4 Å². The van der Waals surface area contributed by atoms with Crippen molar-refractivity contribution < 1.29 is 23.6 Å². The molecule has 1 aromatic heterocycles. The minimum Gasteiger partial charge on any atom is -0.459 e. The van der Waals surface area contributed by atoms with Gasteiger partial charge < -0.3 is 19.5 Å². The monoisotopic (exact) mass is 362 g/mol. The first-order chi connectivity index (χ1) is 12.3. The summed E-state index contributed by atoms with van der Waals surface area (Å²) in [7, 11) is 0. The molecule has 0 saturated carbocycles. The number of rotatable bonds is 3. The number of amides is 5. The van der Waals surface area contributed by atoms with Crippen LogP contribution in [0.3, 0.4) is 0 Å². The number of carbonyl (C=O) groups is 4. The van der Waals surface area contributed by atoms with Crippen molar-refractivity contribution >= 4 is 23.8 Å². The second kappa shape index (κ2) is 6.81. The predicted molar refractivity (Wildman–Crippen MR) is 90.1 cm³/mol. The Hall–Kier alpha value is -2.84. The van der Waals surface area contributed by atoms with Crippen LogP contribution in [0.2, 0.25) is 0 Å². The topological polar surface area (TPSA) is 103 Å². The van der Waals surface area contributed by atoms with E-state index in [1.165, 1.54) is 6.26 Å². The average Bonchev–Trinajstić information content (AvgIpc) is 3.09. The molecule has 2 aliphatic rings. The maximum Gasteiger partial charge on any atom is 0.325 e. The lowest BCUT2D eigenvalue weighted by atomic mass is 10.1. The third-order valence-electron chi connectivity index (χ3n) is 4.61. The number of carbonyl (C=O) groups excluding carboxylic acids is 4. The first-order valence-electron chi connectivity index (χ1n) is 8.54. The van der Waals surface area contributed by atoms with Gasteiger partial charge >= 0.3 is 6.03 Å². The highest BCUT2D eigenvalue weighted by atomic mass is 16.3. The SMILES string of the molecule is CC1(C)NC(=O)N(CC(=O)N2CCCN(C(=O)c3ccco3)CC2)C1=O. The number of nitrogens with zero attached hydrogens (tertiary/aromatic N) is 3. The van der Waals surface area contributed by atoms with Crippen LogP contribution in [0.15, 0.2) is 22.8 Å². The zero-order chi connectivity index (χ0) is 18.9. The number of nitrogens with one attached hydrogen (secondary N) is 1. The standard InChI is InChI=1S/C17H22N4O5/c1-17(2)15(24)21(16(25)18-17)11-13(22)19-6-4-7-20(9-8-19)14(23)12-5-3-10-26-12/h3,5,10H,4,6-9,11H2,1-2H3,(H,18,25). The molecule has 2 aliphatic heterocycles. The molecular formula is C17H22N4O5. The summed E-state index contributed by atoms with van der Waals surface area (Å²) < 4.78 is 5.14. The van der Waals surface area contributed by atoms with E-state index in [9.17, 15) is 19.2 Å². The average molecular weight is 362 g/mol. The van der Waals surface area contributed by atoms with Crippen LogP contribution < -0.4 is 5.32 Å². The van der Waals surface area contributed by atoms with Crippen LogP contribution in [0.1, 0.15) is 30.8 Å². The van der Waals surface area contributed by atoms with Crippen LogP contribution in [0.25, 0.3) is 0 Å². The minimum absolute atomic E-state index is 0.208. The fourth-order valence-corrected chi connectivity index (χ4v) is 3.12. The van der Waals surface area contributed by atoms with Gasteiger partial charge in [0.15, 0.2) is 5.76 Å². The molecule has 2 fully saturated rings. The van der Waals surface area contributed by atoms with Crippen molar-refractivity contribution in [1.29, 1.82) is 0 Å². The van der Waals surface area contributed by atoms with E-state index in [1.54, 1.807) is 35.8 Å². The molecule has 0 unspecified atom stereocenters. The van der Waals surface area contributed by atoms with Crippen molar-refractivity contribution in [2.45, 2.75) is 25.8 Å². The number of furan rings is 1. The van der Waals surface area contributed by atoms with Gasteiger partial charge in [0.1, 0.15) is 12.1 Å². The van der Waals surface area contributed by atoms with Crippen LogP contribution in [0, 0.1) is 0 Å². The zero-order valence-electron chi connectivity index (χ0n) is 14.9. The summed E-state index contributed by atoms with van der Waals surface area (Å²) in [6, 6.07) is 2.70. The van der Waals surface area contributed by atoms with E-state index in [-0.39, 0.29) is 24.1 Å². The smallest absolute Gasteiger partial charge is 0.325 e. The Morgan fingerprint density at radius 3 is 2.46 bits per heavy atom. The van der Waals surface area contributed by atoms with Crippen LogP contribution in [-0.4, -0.2) is 76.7 Å². The molecule has 3 rings (SSSR count). The number of urea groups is 1. The number of hydrogen-bond acceptors (Lipinski definition) is 5. The third kappa shape index (κ3) is 3.42. The highest BCUT2D eigenvalue weighted by Gasteiger charge is 2.45. The summed E-state index contributed by atoms with van der Waals surface area (Å²) in [5.74, 6) is -0.662. The van der Waals surface area contributed by atoms with Crippen molar-refractivity contribution in [3.05, 3.63) is 24.2 Å². The quantitative estimate of drug-likeness (QED) is 0.778. The van der Waals surface area contributed by atoms with E-state index in [2.05, 4.69) is 5.32 Å². The normalized spacial score (nSPS) is 20.2. The Kier molecular flexibility index (Phi) is 4.71. The molecule has 0 atom stereocenters. The largest absolute Gasteiger partial charge is 0.459 e. The third-order valence-corrected chi connectivity index (χ3v) is 4.61. The molecule has 0 bridgehead atoms. The van der Waals surface area contributed by atoms with Crippen LogP contribution in [0.5, 0.6) is 0 Å². The Balaban J connectivity index is 1.59. The fraction of sp³-hybridized carbons (Fsp3) is 0.529. The summed E-state index contributed by atoms with van der Waals surface area (Å²) in [6.45, 7) is 4.60. The molecule has 9 heteroatoms. The number of hydrogen-bond donors (Lipinski definition) is 1. The lowest BCUT2D eigenvalue weighted by Gasteiger charge is -2.23. The lowest BCUT2D eigenvalue weighted by molar-refractivity contribution is -0.138. The van der Waals surface area contributed by atoms with E-state index in [0.29, 0.717) is 32.6 Å². The van der Waals surface area contributed by atoms with E-state index in [4.69, 9.17) is 4.42 Å². The molecule has 1 aromatic rings. The van der Waals surface area contributed by atoms with Crippen molar-refractivity contribution in [2.24, 2.45) is 0 Å². The molecule has 26 heavy (non-hydrogen) atoms. The predicted octanol–water partition coefficient (Wildman–Crippen LogP) is 0.285. The second-order valence-corrected chi connectivity index (χ2v) is 6.95.